The van der Waals surface area contributed by atoms with E-state index in [9.17, 15) is 4.39 Å². The summed E-state index contributed by atoms with van der Waals surface area (Å²) in [6.07, 6.45) is 4.79. The number of hydrogen-bond acceptors (Lipinski definition) is 1. The summed E-state index contributed by atoms with van der Waals surface area (Å²) >= 11 is 0. The zero-order valence-electron chi connectivity index (χ0n) is 9.88. The van der Waals surface area contributed by atoms with E-state index in [2.05, 4.69) is 12.2 Å². The van der Waals surface area contributed by atoms with E-state index < -0.39 is 0 Å². The van der Waals surface area contributed by atoms with Crippen LogP contribution in [0.2, 0.25) is 0 Å². The third-order valence-electron chi connectivity index (χ3n) is 3.26. The standard InChI is InChI=1S/C14H20FN/c1-2-11(10-16-14-6-7-14)8-12-4-3-5-13(15)9-12/h3-5,9,11,14,16H,2,6-8,10H2,1H3. The van der Waals surface area contributed by atoms with Gasteiger partial charge in [-0.2, -0.15) is 0 Å². The molecule has 1 aliphatic rings. The van der Waals surface area contributed by atoms with Gasteiger partial charge in [0.25, 0.3) is 0 Å². The Labute approximate surface area is 97.1 Å². The lowest BCUT2D eigenvalue weighted by Crippen LogP contribution is -2.25. The van der Waals surface area contributed by atoms with Crippen molar-refractivity contribution in [3.05, 3.63) is 35.6 Å². The van der Waals surface area contributed by atoms with E-state index >= 15 is 0 Å². The second-order valence-corrected chi connectivity index (χ2v) is 4.79. The van der Waals surface area contributed by atoms with Crippen molar-refractivity contribution < 1.29 is 4.39 Å². The van der Waals surface area contributed by atoms with Crippen molar-refractivity contribution in [2.45, 2.75) is 38.6 Å². The van der Waals surface area contributed by atoms with E-state index in [-0.39, 0.29) is 5.82 Å². The molecule has 0 spiro atoms. The molecule has 1 aliphatic carbocycles. The summed E-state index contributed by atoms with van der Waals surface area (Å²) in [5.41, 5.74) is 1.12. The zero-order chi connectivity index (χ0) is 11.4. The summed E-state index contributed by atoms with van der Waals surface area (Å²) in [4.78, 5) is 0. The topological polar surface area (TPSA) is 12.0 Å². The van der Waals surface area contributed by atoms with Crippen LogP contribution in [0.4, 0.5) is 4.39 Å². The summed E-state index contributed by atoms with van der Waals surface area (Å²) in [5, 5.41) is 3.55. The van der Waals surface area contributed by atoms with Crippen molar-refractivity contribution in [1.82, 2.24) is 5.32 Å². The van der Waals surface area contributed by atoms with Crippen molar-refractivity contribution >= 4 is 0 Å². The predicted octanol–water partition coefficient (Wildman–Crippen LogP) is 3.15. The van der Waals surface area contributed by atoms with Crippen molar-refractivity contribution in [3.63, 3.8) is 0 Å². The number of benzene rings is 1. The molecular formula is C14H20FN. The predicted molar refractivity (Wildman–Crippen MR) is 64.9 cm³/mol. The molecule has 1 fully saturated rings. The van der Waals surface area contributed by atoms with Crippen molar-refractivity contribution in [3.8, 4) is 0 Å². The maximum atomic E-state index is 13.0. The van der Waals surface area contributed by atoms with Crippen LogP contribution in [0, 0.1) is 11.7 Å². The molecule has 88 valence electrons. The van der Waals surface area contributed by atoms with Gasteiger partial charge in [0, 0.05) is 6.04 Å². The van der Waals surface area contributed by atoms with Gasteiger partial charge in [-0.1, -0.05) is 25.5 Å². The average Bonchev–Trinajstić information content (AvgIpc) is 3.08. The van der Waals surface area contributed by atoms with E-state index in [0.717, 1.165) is 31.0 Å². The third kappa shape index (κ3) is 3.60. The first-order chi connectivity index (χ1) is 7.78. The number of hydrogen-bond donors (Lipinski definition) is 1. The maximum absolute atomic E-state index is 13.0. The van der Waals surface area contributed by atoms with Gasteiger partial charge in [-0.3, -0.25) is 0 Å². The molecule has 1 unspecified atom stereocenters. The largest absolute Gasteiger partial charge is 0.314 e. The SMILES string of the molecule is CCC(CNC1CC1)Cc1cccc(F)c1. The van der Waals surface area contributed by atoms with Crippen LogP contribution in [0.1, 0.15) is 31.7 Å². The minimum absolute atomic E-state index is 0.123. The van der Waals surface area contributed by atoms with E-state index in [0.29, 0.717) is 5.92 Å². The zero-order valence-corrected chi connectivity index (χ0v) is 9.88. The molecule has 0 radical (unpaired) electrons. The molecule has 2 heteroatoms. The summed E-state index contributed by atoms with van der Waals surface area (Å²) in [6, 6.07) is 7.74. The average molecular weight is 221 g/mol. The first kappa shape index (κ1) is 11.6. The fraction of sp³-hybridized carbons (Fsp3) is 0.571. The summed E-state index contributed by atoms with van der Waals surface area (Å²) in [5.74, 6) is 0.505. The lowest BCUT2D eigenvalue weighted by Gasteiger charge is -2.15. The normalized spacial score (nSPS) is 17.4. The molecule has 0 amide bonds. The van der Waals surface area contributed by atoms with Gasteiger partial charge in [-0.05, 0) is 49.4 Å². The monoisotopic (exact) mass is 221 g/mol. The molecule has 0 saturated heterocycles. The molecule has 1 nitrogen and oxygen atoms in total. The second kappa shape index (κ2) is 5.44. The Morgan fingerprint density at radius 2 is 2.25 bits per heavy atom. The highest BCUT2D eigenvalue weighted by Gasteiger charge is 2.21. The van der Waals surface area contributed by atoms with Gasteiger partial charge < -0.3 is 5.32 Å². The number of nitrogens with one attached hydrogen (secondary N) is 1. The van der Waals surface area contributed by atoms with Gasteiger partial charge in [0.1, 0.15) is 5.82 Å². The van der Waals surface area contributed by atoms with Crippen LogP contribution in [0.15, 0.2) is 24.3 Å². The first-order valence-corrected chi connectivity index (χ1v) is 6.25. The van der Waals surface area contributed by atoms with E-state index in [1.807, 2.05) is 6.07 Å². The second-order valence-electron chi connectivity index (χ2n) is 4.79. The van der Waals surface area contributed by atoms with Crippen LogP contribution in [0.25, 0.3) is 0 Å². The van der Waals surface area contributed by atoms with Gasteiger partial charge >= 0.3 is 0 Å². The summed E-state index contributed by atoms with van der Waals surface area (Å²) < 4.78 is 13.0. The van der Waals surface area contributed by atoms with Crippen LogP contribution in [-0.2, 0) is 6.42 Å². The Morgan fingerprint density at radius 3 is 2.88 bits per heavy atom. The van der Waals surface area contributed by atoms with Crippen LogP contribution in [0.3, 0.4) is 0 Å². The van der Waals surface area contributed by atoms with Crippen LogP contribution >= 0.6 is 0 Å². The van der Waals surface area contributed by atoms with Gasteiger partial charge in [0.05, 0.1) is 0 Å². The Kier molecular flexibility index (Phi) is 3.94. The lowest BCUT2D eigenvalue weighted by atomic mass is 9.97. The van der Waals surface area contributed by atoms with E-state index in [1.165, 1.54) is 18.9 Å². The first-order valence-electron chi connectivity index (χ1n) is 6.25. The third-order valence-corrected chi connectivity index (χ3v) is 3.26. The van der Waals surface area contributed by atoms with Gasteiger partial charge in [-0.25, -0.2) is 4.39 Å². The molecule has 0 bridgehead atoms. The fourth-order valence-corrected chi connectivity index (χ4v) is 1.98. The lowest BCUT2D eigenvalue weighted by molar-refractivity contribution is 0.457. The summed E-state index contributed by atoms with van der Waals surface area (Å²) in [6.45, 7) is 3.27. The van der Waals surface area contributed by atoms with Crippen molar-refractivity contribution in [1.29, 1.82) is 0 Å². The molecule has 1 aromatic carbocycles. The molecule has 1 N–H and O–H groups in total. The molecule has 1 saturated carbocycles. The number of rotatable bonds is 6. The molecule has 1 aromatic rings. The quantitative estimate of drug-likeness (QED) is 0.778. The smallest absolute Gasteiger partial charge is 0.123 e. The van der Waals surface area contributed by atoms with Gasteiger partial charge in [0.15, 0.2) is 0 Å². The van der Waals surface area contributed by atoms with Gasteiger partial charge in [-0.15, -0.1) is 0 Å². The van der Waals surface area contributed by atoms with Crippen LogP contribution in [-0.4, -0.2) is 12.6 Å². The molecule has 2 rings (SSSR count). The molecule has 0 aromatic heterocycles. The highest BCUT2D eigenvalue weighted by atomic mass is 19.1. The van der Waals surface area contributed by atoms with Crippen LogP contribution in [0.5, 0.6) is 0 Å². The fourth-order valence-electron chi connectivity index (χ4n) is 1.98. The minimum atomic E-state index is -0.123. The Bertz CT molecular complexity index is 333. The summed E-state index contributed by atoms with van der Waals surface area (Å²) in [7, 11) is 0. The van der Waals surface area contributed by atoms with Crippen molar-refractivity contribution in [2.24, 2.45) is 5.92 Å². The Balaban J connectivity index is 1.84. The van der Waals surface area contributed by atoms with Crippen molar-refractivity contribution in [2.75, 3.05) is 6.54 Å². The van der Waals surface area contributed by atoms with Gasteiger partial charge in [0.2, 0.25) is 0 Å². The highest BCUT2D eigenvalue weighted by Crippen LogP contribution is 2.20. The van der Waals surface area contributed by atoms with E-state index in [4.69, 9.17) is 0 Å². The van der Waals surface area contributed by atoms with Crippen LogP contribution < -0.4 is 5.32 Å². The number of halogens is 1. The van der Waals surface area contributed by atoms with E-state index in [1.54, 1.807) is 12.1 Å². The molecule has 16 heavy (non-hydrogen) atoms. The molecular weight excluding hydrogens is 201 g/mol. The molecule has 0 heterocycles. The maximum Gasteiger partial charge on any atom is 0.123 e. The Hall–Kier alpha value is -0.890. The Morgan fingerprint density at radius 1 is 1.44 bits per heavy atom. The minimum Gasteiger partial charge on any atom is -0.314 e. The highest BCUT2D eigenvalue weighted by molar-refractivity contribution is 5.16. The molecule has 1 atom stereocenters. The molecule has 0 aliphatic heterocycles.